The van der Waals surface area contributed by atoms with Crippen LogP contribution in [0.1, 0.15) is 5.56 Å². The van der Waals surface area contributed by atoms with Crippen molar-refractivity contribution < 1.29 is 13.2 Å². The van der Waals surface area contributed by atoms with E-state index < -0.39 is 17.7 Å². The van der Waals surface area contributed by atoms with E-state index in [0.717, 1.165) is 6.07 Å². The smallest absolute Gasteiger partial charge is 0.370 e. The fourth-order valence-corrected chi connectivity index (χ4v) is 1.69. The third-order valence-electron chi connectivity index (χ3n) is 1.99. The molecule has 0 spiro atoms. The molecule has 6 N–H and O–H groups in total. The van der Waals surface area contributed by atoms with Crippen molar-refractivity contribution in [2.24, 2.45) is 27.2 Å². The second-order valence-corrected chi connectivity index (χ2v) is 4.27. The van der Waals surface area contributed by atoms with Crippen molar-refractivity contribution in [3.8, 4) is 0 Å². The molecule has 0 amide bonds. The molecule has 0 aliphatic rings. The molecule has 1 aromatic rings. The Kier molecular flexibility index (Phi) is 4.65. The van der Waals surface area contributed by atoms with Crippen LogP contribution in [0, 0.1) is 0 Å². The van der Waals surface area contributed by atoms with E-state index >= 15 is 0 Å². The molecule has 19 heavy (non-hydrogen) atoms. The van der Waals surface area contributed by atoms with Crippen LogP contribution in [0.2, 0.25) is 0 Å². The number of halogens is 3. The Morgan fingerprint density at radius 3 is 2.32 bits per heavy atom. The van der Waals surface area contributed by atoms with Crippen molar-refractivity contribution in [2.45, 2.75) is 11.1 Å². The quantitative estimate of drug-likeness (QED) is 0.438. The predicted octanol–water partition coefficient (Wildman–Crippen LogP) is 1.65. The number of hydrogen-bond acceptors (Lipinski definition) is 2. The predicted molar refractivity (Wildman–Crippen MR) is 70.3 cm³/mol. The van der Waals surface area contributed by atoms with Crippen molar-refractivity contribution in [2.75, 3.05) is 6.26 Å². The van der Waals surface area contributed by atoms with E-state index in [2.05, 4.69) is 9.98 Å². The molecular weight excluding hydrogens is 279 g/mol. The maximum Gasteiger partial charge on any atom is 0.418 e. The normalized spacial score (nSPS) is 12.3. The van der Waals surface area contributed by atoms with Gasteiger partial charge in [-0.3, -0.25) is 0 Å². The van der Waals surface area contributed by atoms with E-state index in [1.807, 2.05) is 0 Å². The second-order valence-electron chi connectivity index (χ2n) is 3.39. The fourth-order valence-electron chi connectivity index (χ4n) is 1.25. The molecule has 0 heterocycles. The number of guanidine groups is 2. The first-order valence-electron chi connectivity index (χ1n) is 4.93. The summed E-state index contributed by atoms with van der Waals surface area (Å²) in [4.78, 5) is 7.39. The zero-order valence-electron chi connectivity index (χ0n) is 9.90. The Morgan fingerprint density at radius 2 is 1.84 bits per heavy atom. The van der Waals surface area contributed by atoms with Gasteiger partial charge in [0.15, 0.2) is 5.96 Å². The van der Waals surface area contributed by atoms with Gasteiger partial charge in [0.1, 0.15) is 0 Å². The molecule has 1 aromatic carbocycles. The Bertz CT molecular complexity index is 520. The maximum atomic E-state index is 12.9. The summed E-state index contributed by atoms with van der Waals surface area (Å²) >= 11 is 1.19. The van der Waals surface area contributed by atoms with Gasteiger partial charge in [-0.2, -0.15) is 18.2 Å². The molecule has 0 fully saturated rings. The molecule has 0 radical (unpaired) electrons. The van der Waals surface area contributed by atoms with Gasteiger partial charge in [0.25, 0.3) is 0 Å². The van der Waals surface area contributed by atoms with E-state index in [1.54, 1.807) is 6.26 Å². The summed E-state index contributed by atoms with van der Waals surface area (Å²) in [6.07, 6.45) is -2.87. The van der Waals surface area contributed by atoms with Crippen LogP contribution in [-0.4, -0.2) is 18.2 Å². The molecule has 0 bridgehead atoms. The van der Waals surface area contributed by atoms with Crippen LogP contribution in [0.25, 0.3) is 0 Å². The first-order chi connectivity index (χ1) is 8.74. The minimum absolute atomic E-state index is 0.340. The summed E-state index contributed by atoms with van der Waals surface area (Å²) < 4.78 is 38.6. The van der Waals surface area contributed by atoms with Crippen LogP contribution in [0.4, 0.5) is 18.9 Å². The monoisotopic (exact) mass is 291 g/mol. The Labute approximate surface area is 111 Å². The molecule has 0 aromatic heterocycles. The van der Waals surface area contributed by atoms with Crippen LogP contribution in [-0.2, 0) is 6.18 Å². The molecule has 0 saturated carbocycles. The van der Waals surface area contributed by atoms with Gasteiger partial charge >= 0.3 is 6.18 Å². The number of thioether (sulfide) groups is 1. The maximum absolute atomic E-state index is 12.9. The highest BCUT2D eigenvalue weighted by molar-refractivity contribution is 7.98. The number of aliphatic imine (C=N–C) groups is 2. The van der Waals surface area contributed by atoms with Crippen LogP contribution in [0.15, 0.2) is 33.1 Å². The van der Waals surface area contributed by atoms with Crippen molar-refractivity contribution in [1.29, 1.82) is 0 Å². The second kappa shape index (κ2) is 5.83. The van der Waals surface area contributed by atoms with E-state index in [1.165, 1.54) is 23.9 Å². The average molecular weight is 291 g/mol. The molecule has 0 aliphatic carbocycles. The summed E-state index contributed by atoms with van der Waals surface area (Å²) in [6.45, 7) is 0. The summed E-state index contributed by atoms with van der Waals surface area (Å²) in [5, 5.41) is 0. The molecule has 0 atom stereocenters. The Balaban J connectivity index is 3.32. The number of hydrogen-bond donors (Lipinski definition) is 3. The van der Waals surface area contributed by atoms with E-state index in [9.17, 15) is 13.2 Å². The lowest BCUT2D eigenvalue weighted by molar-refractivity contribution is -0.137. The van der Waals surface area contributed by atoms with Gasteiger partial charge in [0.05, 0.1) is 11.3 Å². The first kappa shape index (κ1) is 15.2. The Hall–Kier alpha value is -1.90. The lowest BCUT2D eigenvalue weighted by Gasteiger charge is -2.11. The highest BCUT2D eigenvalue weighted by Crippen LogP contribution is 2.38. The molecule has 9 heteroatoms. The topological polar surface area (TPSA) is 103 Å². The first-order valence-corrected chi connectivity index (χ1v) is 6.15. The van der Waals surface area contributed by atoms with Gasteiger partial charge in [-0.25, -0.2) is 4.99 Å². The zero-order chi connectivity index (χ0) is 14.6. The number of alkyl halides is 3. The SMILES string of the molecule is CSc1ccc(N=C(N)N=C(N)N)c(C(F)(F)F)c1. The molecule has 5 nitrogen and oxygen atoms in total. The average Bonchev–Trinajstić information content (AvgIpc) is 2.26. The number of nitrogens with zero attached hydrogens (tertiary/aromatic N) is 2. The van der Waals surface area contributed by atoms with Crippen molar-refractivity contribution in [3.05, 3.63) is 23.8 Å². The van der Waals surface area contributed by atoms with Gasteiger partial charge in [-0.1, -0.05) is 0 Å². The minimum atomic E-state index is -4.54. The van der Waals surface area contributed by atoms with Crippen molar-refractivity contribution >= 4 is 29.4 Å². The van der Waals surface area contributed by atoms with Crippen LogP contribution >= 0.6 is 11.8 Å². The molecule has 0 unspecified atom stereocenters. The van der Waals surface area contributed by atoms with E-state index in [0.29, 0.717) is 4.90 Å². The Morgan fingerprint density at radius 1 is 1.21 bits per heavy atom. The van der Waals surface area contributed by atoms with Crippen molar-refractivity contribution in [3.63, 3.8) is 0 Å². The molecular formula is C10H12F3N5S. The largest absolute Gasteiger partial charge is 0.418 e. The molecule has 104 valence electrons. The number of benzene rings is 1. The third-order valence-corrected chi connectivity index (χ3v) is 2.71. The summed E-state index contributed by atoms with van der Waals surface area (Å²) in [7, 11) is 0. The van der Waals surface area contributed by atoms with Crippen molar-refractivity contribution in [1.82, 2.24) is 0 Å². The lowest BCUT2D eigenvalue weighted by Crippen LogP contribution is -2.26. The summed E-state index contributed by atoms with van der Waals surface area (Å²) in [5.74, 6) is -0.821. The highest BCUT2D eigenvalue weighted by Gasteiger charge is 2.33. The van der Waals surface area contributed by atoms with Crippen LogP contribution < -0.4 is 17.2 Å². The lowest BCUT2D eigenvalue weighted by atomic mass is 10.2. The van der Waals surface area contributed by atoms with Crippen LogP contribution in [0.5, 0.6) is 0 Å². The van der Waals surface area contributed by atoms with Crippen LogP contribution in [0.3, 0.4) is 0 Å². The summed E-state index contributed by atoms with van der Waals surface area (Å²) in [6, 6.07) is 3.71. The van der Waals surface area contributed by atoms with E-state index in [4.69, 9.17) is 17.2 Å². The summed E-state index contributed by atoms with van der Waals surface area (Å²) in [5.41, 5.74) is 14.2. The van der Waals surface area contributed by atoms with Gasteiger partial charge < -0.3 is 17.2 Å². The van der Waals surface area contributed by atoms with Gasteiger partial charge in [0.2, 0.25) is 5.96 Å². The number of nitrogens with two attached hydrogens (primary N) is 3. The van der Waals surface area contributed by atoms with E-state index in [-0.39, 0.29) is 11.6 Å². The van der Waals surface area contributed by atoms with Gasteiger partial charge in [-0.15, -0.1) is 11.8 Å². The minimum Gasteiger partial charge on any atom is -0.370 e. The number of rotatable bonds is 2. The zero-order valence-corrected chi connectivity index (χ0v) is 10.7. The molecule has 1 rings (SSSR count). The van der Waals surface area contributed by atoms with Gasteiger partial charge in [0, 0.05) is 4.90 Å². The molecule has 0 saturated heterocycles. The third kappa shape index (κ3) is 4.36. The van der Waals surface area contributed by atoms with Gasteiger partial charge in [-0.05, 0) is 24.5 Å². The standard InChI is InChI=1S/C10H12F3N5S/c1-19-5-2-3-7(6(4-5)10(11,12)13)17-9(16)18-8(14)15/h2-4H,1H3,(H6,14,15,16,17,18). The molecule has 0 aliphatic heterocycles. The highest BCUT2D eigenvalue weighted by atomic mass is 32.2. The fraction of sp³-hybridized carbons (Fsp3) is 0.200.